The van der Waals surface area contributed by atoms with E-state index in [1.165, 1.54) is 27.0 Å². The van der Waals surface area contributed by atoms with Gasteiger partial charge in [0.15, 0.2) is 23.1 Å². The molecule has 0 aliphatic heterocycles. The number of hydrogen-bond donors (Lipinski definition) is 2. The monoisotopic (exact) mass is 399 g/mol. The molecule has 8 nitrogen and oxygen atoms in total. The smallest absolute Gasteiger partial charge is 0.222 e. The van der Waals surface area contributed by atoms with E-state index in [0.717, 1.165) is 12.4 Å². The highest BCUT2D eigenvalue weighted by molar-refractivity contribution is 5.89. The van der Waals surface area contributed by atoms with E-state index in [4.69, 9.17) is 0 Å². The Hall–Kier alpha value is -3.56. The molecule has 0 saturated carbocycles. The maximum absolute atomic E-state index is 14.3. The fourth-order valence-corrected chi connectivity index (χ4v) is 2.47. The number of anilines is 3. The van der Waals surface area contributed by atoms with Crippen LogP contribution in [0.3, 0.4) is 0 Å². The molecule has 0 aliphatic carbocycles. The van der Waals surface area contributed by atoms with Gasteiger partial charge in [-0.2, -0.15) is 0 Å². The zero-order valence-electron chi connectivity index (χ0n) is 16.3. The summed E-state index contributed by atoms with van der Waals surface area (Å²) in [4.78, 5) is 31.8. The maximum Gasteiger partial charge on any atom is 0.222 e. The fourth-order valence-electron chi connectivity index (χ4n) is 2.47. The second-order valence-electron chi connectivity index (χ2n) is 6.84. The van der Waals surface area contributed by atoms with Crippen LogP contribution in [0.2, 0.25) is 0 Å². The lowest BCUT2D eigenvalue weighted by atomic mass is 10.1. The van der Waals surface area contributed by atoms with Crippen LogP contribution in [-0.2, 0) is 10.5 Å². The molecule has 3 rings (SSSR count). The molecule has 2 N–H and O–H groups in total. The average molecular weight is 399 g/mol. The molecule has 0 bridgehead atoms. The lowest BCUT2D eigenvalue weighted by Gasteiger charge is -2.16. The van der Waals surface area contributed by atoms with Gasteiger partial charge in [0.2, 0.25) is 5.91 Å². The molecule has 3 aromatic rings. The Morgan fingerprint density at radius 2 is 1.72 bits per heavy atom. The summed E-state index contributed by atoms with van der Waals surface area (Å²) in [6, 6.07) is 3.20. The molecule has 0 atom stereocenters. The van der Waals surface area contributed by atoms with Crippen molar-refractivity contribution in [2.45, 2.75) is 33.4 Å². The van der Waals surface area contributed by atoms with Crippen molar-refractivity contribution in [1.29, 1.82) is 0 Å². The Labute approximate surface area is 165 Å². The SMILES string of the molecule is CC(=O)Nc1cc(Nc2cc(C)nc(C(C)(C)F)n2)c(-c2ncc(F)cn2)cn1. The molecule has 0 radical (unpaired) electrons. The Kier molecular flexibility index (Phi) is 5.44. The van der Waals surface area contributed by atoms with Crippen LogP contribution in [0.1, 0.15) is 32.3 Å². The summed E-state index contributed by atoms with van der Waals surface area (Å²) in [5, 5.41) is 5.65. The topological polar surface area (TPSA) is 106 Å². The number of carbonyl (C=O) groups excluding carboxylic acids is 1. The van der Waals surface area contributed by atoms with Gasteiger partial charge in [-0.1, -0.05) is 0 Å². The molecule has 0 aliphatic rings. The van der Waals surface area contributed by atoms with Crippen LogP contribution in [0.5, 0.6) is 0 Å². The zero-order valence-corrected chi connectivity index (χ0v) is 16.3. The molecule has 0 saturated heterocycles. The molecule has 3 aromatic heterocycles. The van der Waals surface area contributed by atoms with Crippen molar-refractivity contribution in [3.8, 4) is 11.4 Å². The van der Waals surface area contributed by atoms with E-state index in [1.807, 2.05) is 0 Å². The van der Waals surface area contributed by atoms with Gasteiger partial charge in [-0.05, 0) is 20.8 Å². The van der Waals surface area contributed by atoms with Crippen molar-refractivity contribution in [3.63, 3.8) is 0 Å². The molecule has 29 heavy (non-hydrogen) atoms. The zero-order chi connectivity index (χ0) is 21.2. The minimum Gasteiger partial charge on any atom is -0.339 e. The molecular weight excluding hydrogens is 380 g/mol. The summed E-state index contributed by atoms with van der Waals surface area (Å²) < 4.78 is 27.5. The van der Waals surface area contributed by atoms with Gasteiger partial charge in [0.25, 0.3) is 0 Å². The Morgan fingerprint density at radius 3 is 2.34 bits per heavy atom. The molecule has 0 aromatic carbocycles. The van der Waals surface area contributed by atoms with E-state index in [1.54, 1.807) is 19.1 Å². The highest BCUT2D eigenvalue weighted by Crippen LogP contribution is 2.30. The third-order valence-corrected chi connectivity index (χ3v) is 3.72. The molecule has 0 fully saturated rings. The van der Waals surface area contributed by atoms with Crippen LogP contribution in [0.25, 0.3) is 11.4 Å². The standard InChI is InChI=1S/C19H19F2N7O/c1-10-5-16(28-18(25-10)19(3,4)21)27-14-6-15(26-11(2)29)22-9-13(14)17-23-7-12(20)8-24-17/h5-9H,1-4H3,(H2,22,25,26,27,28,29). The summed E-state index contributed by atoms with van der Waals surface area (Å²) in [6.45, 7) is 5.81. The Balaban J connectivity index is 2.07. The number of carbonyl (C=O) groups is 1. The van der Waals surface area contributed by atoms with Crippen LogP contribution < -0.4 is 10.6 Å². The molecular formula is C19H19F2N7O. The van der Waals surface area contributed by atoms with E-state index in [9.17, 15) is 13.6 Å². The first-order valence-corrected chi connectivity index (χ1v) is 8.69. The minimum absolute atomic E-state index is 0.0238. The third-order valence-electron chi connectivity index (χ3n) is 3.72. The van der Waals surface area contributed by atoms with Gasteiger partial charge in [-0.3, -0.25) is 4.79 Å². The van der Waals surface area contributed by atoms with Crippen molar-refractivity contribution in [2.24, 2.45) is 0 Å². The second-order valence-corrected chi connectivity index (χ2v) is 6.84. The quantitative estimate of drug-likeness (QED) is 0.674. The first-order valence-electron chi connectivity index (χ1n) is 8.69. The Bertz CT molecular complexity index is 1050. The van der Waals surface area contributed by atoms with Gasteiger partial charge in [-0.15, -0.1) is 0 Å². The van der Waals surface area contributed by atoms with Gasteiger partial charge in [0.1, 0.15) is 11.6 Å². The molecule has 0 spiro atoms. The van der Waals surface area contributed by atoms with Crippen molar-refractivity contribution in [1.82, 2.24) is 24.9 Å². The first-order chi connectivity index (χ1) is 13.6. The van der Waals surface area contributed by atoms with Crippen molar-refractivity contribution in [2.75, 3.05) is 10.6 Å². The summed E-state index contributed by atoms with van der Waals surface area (Å²) in [7, 11) is 0. The number of nitrogens with one attached hydrogen (secondary N) is 2. The summed E-state index contributed by atoms with van der Waals surface area (Å²) in [5.41, 5.74) is -0.281. The van der Waals surface area contributed by atoms with Crippen LogP contribution in [0.15, 0.2) is 30.7 Å². The summed E-state index contributed by atoms with van der Waals surface area (Å²) in [6.07, 6.45) is 3.51. The van der Waals surface area contributed by atoms with Gasteiger partial charge < -0.3 is 10.6 Å². The summed E-state index contributed by atoms with van der Waals surface area (Å²) in [5.74, 6) is -0.0199. The number of halogens is 2. The van der Waals surface area contributed by atoms with E-state index in [-0.39, 0.29) is 23.4 Å². The van der Waals surface area contributed by atoms with E-state index >= 15 is 0 Å². The van der Waals surface area contributed by atoms with Gasteiger partial charge in [0, 0.05) is 30.9 Å². The van der Waals surface area contributed by atoms with E-state index in [0.29, 0.717) is 22.8 Å². The fraction of sp³-hybridized carbons (Fsp3) is 0.263. The van der Waals surface area contributed by atoms with Gasteiger partial charge in [0.05, 0.1) is 23.6 Å². The molecule has 3 heterocycles. The molecule has 10 heteroatoms. The van der Waals surface area contributed by atoms with Gasteiger partial charge >= 0.3 is 0 Å². The number of alkyl halides is 1. The highest BCUT2D eigenvalue weighted by atomic mass is 19.1. The largest absolute Gasteiger partial charge is 0.339 e. The third kappa shape index (κ3) is 5.03. The van der Waals surface area contributed by atoms with Crippen LogP contribution >= 0.6 is 0 Å². The molecule has 150 valence electrons. The Morgan fingerprint density at radius 1 is 1.03 bits per heavy atom. The highest BCUT2D eigenvalue weighted by Gasteiger charge is 2.23. The number of nitrogens with zero attached hydrogens (tertiary/aromatic N) is 5. The maximum atomic E-state index is 14.3. The van der Waals surface area contributed by atoms with Crippen LogP contribution in [-0.4, -0.2) is 30.8 Å². The predicted molar refractivity (Wildman–Crippen MR) is 104 cm³/mol. The second kappa shape index (κ2) is 7.82. The first kappa shape index (κ1) is 20.2. The summed E-state index contributed by atoms with van der Waals surface area (Å²) >= 11 is 0. The van der Waals surface area contributed by atoms with Crippen LogP contribution in [0.4, 0.5) is 26.1 Å². The molecule has 0 unspecified atom stereocenters. The van der Waals surface area contributed by atoms with E-state index in [2.05, 4.69) is 35.6 Å². The lowest BCUT2D eigenvalue weighted by molar-refractivity contribution is -0.114. The van der Waals surface area contributed by atoms with E-state index < -0.39 is 11.5 Å². The van der Waals surface area contributed by atoms with Crippen molar-refractivity contribution >= 4 is 23.2 Å². The minimum atomic E-state index is -1.73. The lowest BCUT2D eigenvalue weighted by Crippen LogP contribution is -2.16. The van der Waals surface area contributed by atoms with Gasteiger partial charge in [-0.25, -0.2) is 33.7 Å². The number of hydrogen-bond acceptors (Lipinski definition) is 7. The van der Waals surface area contributed by atoms with Crippen LogP contribution in [0, 0.1) is 12.7 Å². The number of aromatic nitrogens is 5. The average Bonchev–Trinajstić information content (AvgIpc) is 2.61. The predicted octanol–water partition coefficient (Wildman–Crippen LogP) is 3.68. The van der Waals surface area contributed by atoms with Crippen molar-refractivity contribution in [3.05, 3.63) is 48.1 Å². The van der Waals surface area contributed by atoms with Crippen molar-refractivity contribution < 1.29 is 13.6 Å². The number of rotatable bonds is 5. The number of pyridine rings is 1. The number of amides is 1. The number of aryl methyl sites for hydroxylation is 1. The molecule has 1 amide bonds. The normalized spacial score (nSPS) is 11.2.